The number of rotatable bonds is 8. The standard InChI is InChI=1S/C38H44N2O4/c1-23(2)15-17-39-31-19-25(43-9)11-13-29(31)37(5,6)33(39)21-27-35(41)28(36(27)42)22-34-38(7,8)30-14-12-26(44-10)20-32(30)40(34)18-16-24(3)4/h11-16,19-22H,17-18H2,1-10H3/p+1. The molecule has 230 valence electrons. The van der Waals surface area contributed by atoms with E-state index in [1.807, 2.05) is 36.4 Å². The molecule has 0 unspecified atom stereocenters. The highest BCUT2D eigenvalue weighted by Crippen LogP contribution is 2.50. The van der Waals surface area contributed by atoms with Crippen LogP contribution in [-0.4, -0.2) is 48.5 Å². The van der Waals surface area contributed by atoms with Gasteiger partial charge in [0.1, 0.15) is 17.3 Å². The Morgan fingerprint density at radius 3 is 2.07 bits per heavy atom. The number of carbonyl (C=O) groups is 1. The number of aliphatic hydroxyl groups excluding tert-OH is 1. The van der Waals surface area contributed by atoms with Crippen LogP contribution in [0.15, 0.2) is 94.5 Å². The lowest BCUT2D eigenvalue weighted by Crippen LogP contribution is -2.32. The molecule has 0 atom stereocenters. The summed E-state index contributed by atoms with van der Waals surface area (Å²) in [6.45, 7) is 18.3. The number of fused-ring (bicyclic) bond motifs is 2. The largest absolute Gasteiger partial charge is 0.506 e. The van der Waals surface area contributed by atoms with Gasteiger partial charge in [-0.3, -0.25) is 4.79 Å². The second kappa shape index (κ2) is 11.3. The molecular formula is C38H45N2O4+. The van der Waals surface area contributed by atoms with Gasteiger partial charge in [-0.2, -0.15) is 4.58 Å². The predicted octanol–water partition coefficient (Wildman–Crippen LogP) is 8.02. The molecule has 6 nitrogen and oxygen atoms in total. The Kier molecular flexibility index (Phi) is 8.00. The number of ketones is 1. The summed E-state index contributed by atoms with van der Waals surface area (Å²) in [4.78, 5) is 16.0. The van der Waals surface area contributed by atoms with Gasteiger partial charge in [0, 0.05) is 41.1 Å². The number of allylic oxidation sites excluding steroid dienone is 7. The minimum absolute atomic E-state index is 0.0352. The van der Waals surface area contributed by atoms with Crippen molar-refractivity contribution in [3.8, 4) is 11.5 Å². The third kappa shape index (κ3) is 5.10. The number of Topliss-reactive ketones (excluding diaryl/α,β-unsaturated/α-hetero) is 1. The van der Waals surface area contributed by atoms with Crippen LogP contribution in [0.25, 0.3) is 0 Å². The molecule has 1 aliphatic carbocycles. The number of ether oxygens (including phenoxy) is 2. The Morgan fingerprint density at radius 2 is 1.48 bits per heavy atom. The van der Waals surface area contributed by atoms with Crippen LogP contribution in [-0.2, 0) is 15.6 Å². The zero-order valence-electron chi connectivity index (χ0n) is 27.8. The van der Waals surface area contributed by atoms with Crippen LogP contribution in [0.3, 0.4) is 0 Å². The van der Waals surface area contributed by atoms with Crippen LogP contribution in [0.4, 0.5) is 11.4 Å². The molecule has 44 heavy (non-hydrogen) atoms. The molecule has 3 aliphatic rings. The predicted molar refractivity (Wildman–Crippen MR) is 179 cm³/mol. The number of hydrogen-bond donors (Lipinski definition) is 1. The number of aliphatic hydroxyl groups is 1. The molecule has 2 aromatic rings. The lowest BCUT2D eigenvalue weighted by Gasteiger charge is -2.29. The number of benzene rings is 2. The van der Waals surface area contributed by atoms with Crippen LogP contribution in [0.5, 0.6) is 11.5 Å². The van der Waals surface area contributed by atoms with Gasteiger partial charge in [0.25, 0.3) is 0 Å². The van der Waals surface area contributed by atoms with E-state index in [0.29, 0.717) is 24.2 Å². The average Bonchev–Trinajstić information content (AvgIpc) is 3.32. The van der Waals surface area contributed by atoms with E-state index < -0.39 is 0 Å². The molecule has 2 aliphatic heterocycles. The zero-order chi connectivity index (χ0) is 32.1. The fourth-order valence-corrected chi connectivity index (χ4v) is 6.43. The van der Waals surface area contributed by atoms with Crippen molar-refractivity contribution in [2.45, 2.75) is 66.2 Å². The van der Waals surface area contributed by atoms with E-state index in [1.54, 1.807) is 14.2 Å². The molecule has 0 fully saturated rings. The number of anilines is 1. The van der Waals surface area contributed by atoms with E-state index in [4.69, 9.17) is 9.47 Å². The lowest BCUT2D eigenvalue weighted by molar-refractivity contribution is -0.425. The summed E-state index contributed by atoms with van der Waals surface area (Å²) in [5.41, 5.74) is 8.66. The van der Waals surface area contributed by atoms with Crippen LogP contribution in [0.1, 0.15) is 66.5 Å². The van der Waals surface area contributed by atoms with E-state index in [2.05, 4.69) is 89.2 Å². The number of methoxy groups -OCH3 is 2. The van der Waals surface area contributed by atoms with Crippen LogP contribution < -0.4 is 14.4 Å². The fraction of sp³-hybridized carbons (Fsp3) is 0.368. The van der Waals surface area contributed by atoms with Crippen LogP contribution in [0.2, 0.25) is 0 Å². The minimum atomic E-state index is -0.381. The molecule has 0 saturated carbocycles. The van der Waals surface area contributed by atoms with Crippen molar-refractivity contribution in [3.63, 3.8) is 0 Å². The fourth-order valence-electron chi connectivity index (χ4n) is 6.43. The first-order valence-electron chi connectivity index (χ1n) is 15.2. The van der Waals surface area contributed by atoms with Crippen molar-refractivity contribution in [1.29, 1.82) is 0 Å². The lowest BCUT2D eigenvalue weighted by atomic mass is 9.77. The summed E-state index contributed by atoms with van der Waals surface area (Å²) in [6.07, 6.45) is 8.11. The summed E-state index contributed by atoms with van der Waals surface area (Å²) in [5.74, 6) is 1.44. The van der Waals surface area contributed by atoms with Crippen molar-refractivity contribution < 1.29 is 24.0 Å². The molecule has 0 bridgehead atoms. The molecule has 5 rings (SSSR count). The summed E-state index contributed by atoms with van der Waals surface area (Å²) >= 11 is 0. The van der Waals surface area contributed by atoms with Crippen molar-refractivity contribution in [3.05, 3.63) is 106 Å². The molecule has 2 aromatic carbocycles. The first-order valence-corrected chi connectivity index (χ1v) is 15.2. The third-order valence-corrected chi connectivity index (χ3v) is 9.13. The van der Waals surface area contributed by atoms with Gasteiger partial charge in [0.05, 0.1) is 36.8 Å². The molecule has 2 heterocycles. The van der Waals surface area contributed by atoms with Gasteiger partial charge < -0.3 is 19.5 Å². The second-order valence-electron chi connectivity index (χ2n) is 13.4. The van der Waals surface area contributed by atoms with Gasteiger partial charge in [-0.15, -0.1) is 0 Å². The molecular weight excluding hydrogens is 548 g/mol. The van der Waals surface area contributed by atoms with E-state index in [-0.39, 0.29) is 22.4 Å². The second-order valence-corrected chi connectivity index (χ2v) is 13.4. The summed E-state index contributed by atoms with van der Waals surface area (Å²) in [6, 6.07) is 12.2. The Balaban J connectivity index is 1.62. The van der Waals surface area contributed by atoms with Crippen molar-refractivity contribution in [2.75, 3.05) is 32.2 Å². The number of carbonyl (C=O) groups excluding carboxylic acids is 1. The number of nitrogens with zero attached hydrogens (tertiary/aromatic N) is 2. The van der Waals surface area contributed by atoms with Crippen LogP contribution >= 0.6 is 0 Å². The minimum Gasteiger partial charge on any atom is -0.506 e. The smallest absolute Gasteiger partial charge is 0.213 e. The van der Waals surface area contributed by atoms with Crippen LogP contribution in [0, 0.1) is 0 Å². The van der Waals surface area contributed by atoms with Gasteiger partial charge in [-0.25, -0.2) is 0 Å². The van der Waals surface area contributed by atoms with Gasteiger partial charge in [-0.05, 0) is 77.5 Å². The highest BCUT2D eigenvalue weighted by Gasteiger charge is 2.47. The SMILES string of the molecule is COc1ccc2c(c1)N(CC=C(C)C)C(=CC1=C(O)C(=CC3=[N+](CC=C(C)C)c4cc(OC)ccc4C3(C)C)C1=O)C2(C)C. The monoisotopic (exact) mass is 593 g/mol. The first kappa shape index (κ1) is 31.1. The maximum Gasteiger partial charge on any atom is 0.213 e. The first-order chi connectivity index (χ1) is 20.7. The highest BCUT2D eigenvalue weighted by atomic mass is 16.5. The Hall–Kier alpha value is -4.32. The molecule has 0 spiro atoms. The normalized spacial score (nSPS) is 19.7. The van der Waals surface area contributed by atoms with Gasteiger partial charge >= 0.3 is 0 Å². The molecule has 1 N–H and O–H groups in total. The maximum absolute atomic E-state index is 13.8. The quantitative estimate of drug-likeness (QED) is 0.191. The van der Waals surface area contributed by atoms with E-state index in [0.717, 1.165) is 45.4 Å². The third-order valence-electron chi connectivity index (χ3n) is 9.13. The molecule has 6 heteroatoms. The topological polar surface area (TPSA) is 62.0 Å². The summed E-state index contributed by atoms with van der Waals surface area (Å²) in [7, 11) is 3.34. The summed E-state index contributed by atoms with van der Waals surface area (Å²) in [5, 5.41) is 11.4. The number of hydrogen-bond acceptors (Lipinski definition) is 5. The van der Waals surface area contributed by atoms with Gasteiger partial charge in [-0.1, -0.05) is 37.1 Å². The maximum atomic E-state index is 13.8. The van der Waals surface area contributed by atoms with E-state index in [1.165, 1.54) is 11.1 Å². The van der Waals surface area contributed by atoms with Crippen molar-refractivity contribution >= 4 is 22.9 Å². The highest BCUT2D eigenvalue weighted by molar-refractivity contribution is 6.24. The molecule has 0 amide bonds. The summed E-state index contributed by atoms with van der Waals surface area (Å²) < 4.78 is 13.3. The Labute approximate surface area is 262 Å². The van der Waals surface area contributed by atoms with E-state index in [9.17, 15) is 9.90 Å². The Morgan fingerprint density at radius 1 is 0.864 bits per heavy atom. The molecule has 0 saturated heterocycles. The molecule has 0 radical (unpaired) electrons. The van der Waals surface area contributed by atoms with Crippen molar-refractivity contribution in [2.24, 2.45) is 0 Å². The van der Waals surface area contributed by atoms with Crippen molar-refractivity contribution in [1.82, 2.24) is 0 Å². The average molecular weight is 594 g/mol. The van der Waals surface area contributed by atoms with Gasteiger partial charge in [0.15, 0.2) is 12.3 Å². The molecule has 0 aromatic heterocycles. The Bertz CT molecular complexity index is 1740. The zero-order valence-corrected chi connectivity index (χ0v) is 27.8. The van der Waals surface area contributed by atoms with E-state index >= 15 is 0 Å². The van der Waals surface area contributed by atoms with Gasteiger partial charge in [0.2, 0.25) is 11.5 Å².